The molecule has 0 aromatic carbocycles. The molecule has 3 nitrogen and oxygen atoms in total. The molecule has 0 saturated carbocycles. The van der Waals surface area contributed by atoms with Crippen LogP contribution in [0.4, 0.5) is 4.39 Å². The molecule has 0 rings (SSSR count). The van der Waals surface area contributed by atoms with E-state index >= 15 is 0 Å². The van der Waals surface area contributed by atoms with Gasteiger partial charge in [0.15, 0.2) is 5.63 Å². The Morgan fingerprint density at radius 1 is 1.75 bits per heavy atom. The summed E-state index contributed by atoms with van der Waals surface area (Å²) in [5.74, 6) is -0.825. The van der Waals surface area contributed by atoms with Gasteiger partial charge in [0, 0.05) is 0 Å². The predicted octanol–water partition coefficient (Wildman–Crippen LogP) is -0.191. The van der Waals surface area contributed by atoms with Gasteiger partial charge in [0.05, 0.1) is 0 Å². The zero-order chi connectivity index (χ0) is 6.78. The van der Waals surface area contributed by atoms with Crippen LogP contribution in [0.3, 0.4) is 0 Å². The molecular weight excluding hydrogens is 157 g/mol. The van der Waals surface area contributed by atoms with Crippen LogP contribution in [0.25, 0.3) is 0 Å². The molecule has 0 aromatic rings. The topological polar surface area (TPSA) is 60.2 Å². The first-order valence-electron chi connectivity index (χ1n) is 1.70. The highest BCUT2D eigenvalue weighted by Crippen LogP contribution is 1.97. The van der Waals surface area contributed by atoms with E-state index in [0.29, 0.717) is 0 Å². The lowest BCUT2D eigenvalue weighted by Gasteiger charge is -1.93. The molecule has 0 amide bonds. The lowest BCUT2D eigenvalue weighted by Crippen LogP contribution is -2.20. The van der Waals surface area contributed by atoms with Crippen molar-refractivity contribution in [2.75, 3.05) is 5.75 Å². The first-order chi connectivity index (χ1) is 3.42. The number of alkyl halides is 2. The molecule has 50 valence electrons. The summed E-state index contributed by atoms with van der Waals surface area (Å²) in [6.45, 7) is 0. The maximum atomic E-state index is 11.5. The van der Waals surface area contributed by atoms with Crippen LogP contribution < -0.4 is 5.14 Å². The maximum absolute atomic E-state index is 11.5. The summed E-state index contributed by atoms with van der Waals surface area (Å²) in [5.41, 5.74) is -1.90. The van der Waals surface area contributed by atoms with Crippen LogP contribution in [-0.2, 0) is 10.0 Å². The summed E-state index contributed by atoms with van der Waals surface area (Å²) in [6.07, 6.45) is 0. The Hall–Kier alpha value is 0.130. The Bertz CT molecular complexity index is 153. The van der Waals surface area contributed by atoms with E-state index in [1.165, 1.54) is 0 Å². The fraction of sp³-hybridized carbons (Fsp3) is 1.00. The van der Waals surface area contributed by atoms with Gasteiger partial charge in [-0.05, 0) is 0 Å². The molecule has 0 heterocycles. The molecule has 8 heavy (non-hydrogen) atoms. The van der Waals surface area contributed by atoms with E-state index in [2.05, 4.69) is 16.7 Å². The maximum Gasteiger partial charge on any atom is 0.213 e. The standard InChI is InChI=1S/C2H5ClFNO2S/c3-2(4)1-8(5,6)7/h2H,1H2,(H2,5,6,7). The van der Waals surface area contributed by atoms with Crippen LogP contribution >= 0.6 is 11.6 Å². The third kappa shape index (κ3) is 6.13. The summed E-state index contributed by atoms with van der Waals surface area (Å²) in [5, 5.41) is 4.38. The Labute approximate surface area is 51.7 Å². The molecule has 1 atom stereocenters. The number of halogens is 2. The van der Waals surface area contributed by atoms with Crippen molar-refractivity contribution in [3.8, 4) is 0 Å². The summed E-state index contributed by atoms with van der Waals surface area (Å²) in [7, 11) is -3.73. The second kappa shape index (κ2) is 2.61. The average Bonchev–Trinajstić information content (AvgIpc) is 1.21. The quantitative estimate of drug-likeness (QED) is 0.571. The van der Waals surface area contributed by atoms with Crippen molar-refractivity contribution in [3.05, 3.63) is 0 Å². The Morgan fingerprint density at radius 3 is 2.12 bits per heavy atom. The zero-order valence-electron chi connectivity index (χ0n) is 3.84. The summed E-state index contributed by atoms with van der Waals surface area (Å²) < 4.78 is 31.3. The highest BCUT2D eigenvalue weighted by Gasteiger charge is 2.09. The van der Waals surface area contributed by atoms with Gasteiger partial charge in [-0.15, -0.1) is 0 Å². The van der Waals surface area contributed by atoms with E-state index in [1.807, 2.05) is 0 Å². The molecule has 0 saturated heterocycles. The van der Waals surface area contributed by atoms with Crippen molar-refractivity contribution >= 4 is 21.6 Å². The van der Waals surface area contributed by atoms with Crippen LogP contribution in [0, 0.1) is 0 Å². The van der Waals surface area contributed by atoms with E-state index < -0.39 is 21.4 Å². The second-order valence-corrected chi connectivity index (χ2v) is 3.35. The van der Waals surface area contributed by atoms with E-state index in [1.54, 1.807) is 0 Å². The van der Waals surface area contributed by atoms with Crippen LogP contribution in [-0.4, -0.2) is 19.8 Å². The molecule has 0 aliphatic rings. The fourth-order valence-electron chi connectivity index (χ4n) is 0.176. The molecule has 2 N–H and O–H groups in total. The Kier molecular flexibility index (Phi) is 2.65. The minimum atomic E-state index is -3.73. The molecule has 0 spiro atoms. The van der Waals surface area contributed by atoms with Gasteiger partial charge in [0.2, 0.25) is 10.0 Å². The van der Waals surface area contributed by atoms with Crippen LogP contribution in [0.15, 0.2) is 0 Å². The van der Waals surface area contributed by atoms with Gasteiger partial charge < -0.3 is 0 Å². The van der Waals surface area contributed by atoms with E-state index in [4.69, 9.17) is 0 Å². The van der Waals surface area contributed by atoms with Gasteiger partial charge in [0.1, 0.15) is 5.75 Å². The molecule has 0 aliphatic carbocycles. The normalized spacial score (nSPS) is 15.9. The van der Waals surface area contributed by atoms with Crippen molar-refractivity contribution in [3.63, 3.8) is 0 Å². The Morgan fingerprint density at radius 2 is 2.12 bits per heavy atom. The zero-order valence-corrected chi connectivity index (χ0v) is 5.41. The van der Waals surface area contributed by atoms with E-state index in [0.717, 1.165) is 0 Å². The number of sulfonamides is 1. The highest BCUT2D eigenvalue weighted by molar-refractivity contribution is 7.89. The van der Waals surface area contributed by atoms with Crippen LogP contribution in [0.5, 0.6) is 0 Å². The van der Waals surface area contributed by atoms with Gasteiger partial charge in [0.25, 0.3) is 0 Å². The van der Waals surface area contributed by atoms with E-state index in [9.17, 15) is 12.8 Å². The Balaban J connectivity index is 3.75. The number of hydrogen-bond donors (Lipinski definition) is 1. The molecule has 6 heteroatoms. The fourth-order valence-corrected chi connectivity index (χ4v) is 1.05. The summed E-state index contributed by atoms with van der Waals surface area (Å²) >= 11 is 4.64. The number of primary sulfonamides is 1. The van der Waals surface area contributed by atoms with Crippen molar-refractivity contribution in [1.82, 2.24) is 0 Å². The van der Waals surface area contributed by atoms with Crippen LogP contribution in [0.2, 0.25) is 0 Å². The molecule has 0 radical (unpaired) electrons. The molecule has 0 fully saturated rings. The number of hydrogen-bond acceptors (Lipinski definition) is 2. The summed E-state index contributed by atoms with van der Waals surface area (Å²) in [6, 6.07) is 0. The second-order valence-electron chi connectivity index (χ2n) is 1.22. The van der Waals surface area contributed by atoms with Gasteiger partial charge in [-0.2, -0.15) is 0 Å². The smallest absolute Gasteiger partial charge is 0.213 e. The minimum absolute atomic E-state index is 0.825. The van der Waals surface area contributed by atoms with Crippen molar-refractivity contribution < 1.29 is 12.8 Å². The van der Waals surface area contributed by atoms with Crippen molar-refractivity contribution in [1.29, 1.82) is 0 Å². The largest absolute Gasteiger partial charge is 0.229 e. The van der Waals surface area contributed by atoms with Gasteiger partial charge in [-0.1, -0.05) is 11.6 Å². The molecule has 0 aromatic heterocycles. The third-order valence-electron chi connectivity index (χ3n) is 0.358. The van der Waals surface area contributed by atoms with Gasteiger partial charge in [-0.3, -0.25) is 0 Å². The summed E-state index contributed by atoms with van der Waals surface area (Å²) in [4.78, 5) is 0. The SMILES string of the molecule is NS(=O)(=O)CC(F)Cl. The number of nitrogens with two attached hydrogens (primary N) is 1. The van der Waals surface area contributed by atoms with Gasteiger partial charge >= 0.3 is 0 Å². The van der Waals surface area contributed by atoms with Crippen molar-refractivity contribution in [2.45, 2.75) is 5.63 Å². The minimum Gasteiger partial charge on any atom is -0.229 e. The molecule has 0 aliphatic heterocycles. The molecule has 1 unspecified atom stereocenters. The lowest BCUT2D eigenvalue weighted by molar-refractivity contribution is 0.470. The monoisotopic (exact) mass is 161 g/mol. The lowest BCUT2D eigenvalue weighted by atomic mass is 10.9. The van der Waals surface area contributed by atoms with Crippen molar-refractivity contribution in [2.24, 2.45) is 5.14 Å². The van der Waals surface area contributed by atoms with Gasteiger partial charge in [-0.25, -0.2) is 17.9 Å². The predicted molar refractivity (Wildman–Crippen MR) is 28.7 cm³/mol. The van der Waals surface area contributed by atoms with Crippen LogP contribution in [0.1, 0.15) is 0 Å². The van der Waals surface area contributed by atoms with E-state index in [-0.39, 0.29) is 0 Å². The average molecular weight is 162 g/mol. The number of rotatable bonds is 2. The first kappa shape index (κ1) is 8.13. The first-order valence-corrected chi connectivity index (χ1v) is 3.85. The molecule has 0 bridgehead atoms. The third-order valence-corrected chi connectivity index (χ3v) is 1.45. The molecular formula is C2H5ClFNO2S. The highest BCUT2D eigenvalue weighted by atomic mass is 35.5.